The van der Waals surface area contributed by atoms with Crippen molar-refractivity contribution in [3.8, 4) is 5.88 Å². The van der Waals surface area contributed by atoms with Crippen LogP contribution in [0.4, 0.5) is 18.9 Å². The molecular formula is C22H19F3N4O3. The maximum atomic E-state index is 13.3. The lowest BCUT2D eigenvalue weighted by Gasteiger charge is -2.28. The minimum absolute atomic E-state index is 0.193. The zero-order valence-corrected chi connectivity index (χ0v) is 17.2. The molecule has 166 valence electrons. The SMILES string of the molecule is COc1cc(C(=O)Nc2cnn3c2C(=O)C(c2ccc(C(F)(F)F)cc2)C[C@@H]3C)ccn1. The number of ketones is 1. The van der Waals surface area contributed by atoms with Crippen LogP contribution < -0.4 is 10.1 Å². The fraction of sp³-hybridized carbons (Fsp3) is 0.273. The van der Waals surface area contributed by atoms with Crippen molar-refractivity contribution >= 4 is 17.4 Å². The van der Waals surface area contributed by atoms with E-state index in [9.17, 15) is 22.8 Å². The Morgan fingerprint density at radius 3 is 2.59 bits per heavy atom. The lowest BCUT2D eigenvalue weighted by molar-refractivity contribution is -0.137. The number of benzene rings is 1. The first kappa shape index (κ1) is 21.5. The zero-order valence-electron chi connectivity index (χ0n) is 17.2. The highest BCUT2D eigenvalue weighted by Gasteiger charge is 2.37. The van der Waals surface area contributed by atoms with E-state index in [1.54, 1.807) is 0 Å². The smallest absolute Gasteiger partial charge is 0.416 e. The summed E-state index contributed by atoms with van der Waals surface area (Å²) in [6, 6.07) is 7.36. The summed E-state index contributed by atoms with van der Waals surface area (Å²) in [5, 5.41) is 6.93. The van der Waals surface area contributed by atoms with Crippen LogP contribution in [0.25, 0.3) is 0 Å². The molecule has 0 spiro atoms. The Morgan fingerprint density at radius 2 is 1.94 bits per heavy atom. The standard InChI is InChI=1S/C22H19F3N4O3/c1-12-9-16(13-3-5-15(6-4-13)22(23,24)25)20(30)19-17(11-27-29(12)19)28-21(31)14-7-8-26-18(10-14)32-2/h3-8,10-12,16H,9H2,1-2H3,(H,28,31)/t12-,16?/m0/s1. The molecule has 7 nitrogen and oxygen atoms in total. The van der Waals surface area contributed by atoms with E-state index in [1.807, 2.05) is 6.92 Å². The fourth-order valence-electron chi connectivity index (χ4n) is 3.80. The topological polar surface area (TPSA) is 86.1 Å². The van der Waals surface area contributed by atoms with Crippen LogP contribution in [0.5, 0.6) is 5.88 Å². The van der Waals surface area contributed by atoms with Gasteiger partial charge in [-0.1, -0.05) is 12.1 Å². The molecule has 0 aliphatic carbocycles. The summed E-state index contributed by atoms with van der Waals surface area (Å²) in [5.74, 6) is -1.17. The van der Waals surface area contributed by atoms with E-state index in [4.69, 9.17) is 4.74 Å². The van der Waals surface area contributed by atoms with Gasteiger partial charge < -0.3 is 10.1 Å². The molecule has 10 heteroatoms. The minimum Gasteiger partial charge on any atom is -0.481 e. The average Bonchev–Trinajstić information content (AvgIpc) is 3.20. The highest BCUT2D eigenvalue weighted by Crippen LogP contribution is 2.39. The van der Waals surface area contributed by atoms with Crippen LogP contribution in [0.15, 0.2) is 48.8 Å². The van der Waals surface area contributed by atoms with Crippen molar-refractivity contribution in [3.63, 3.8) is 0 Å². The van der Waals surface area contributed by atoms with Gasteiger partial charge in [0.25, 0.3) is 5.91 Å². The van der Waals surface area contributed by atoms with Crippen molar-refractivity contribution in [2.75, 3.05) is 12.4 Å². The van der Waals surface area contributed by atoms with E-state index in [0.717, 1.165) is 12.1 Å². The first-order chi connectivity index (χ1) is 15.2. The summed E-state index contributed by atoms with van der Waals surface area (Å²) in [6.07, 6.45) is -1.24. The molecular weight excluding hydrogens is 425 g/mol. The van der Waals surface area contributed by atoms with Gasteiger partial charge in [0.2, 0.25) is 5.88 Å². The molecule has 0 bridgehead atoms. The van der Waals surface area contributed by atoms with Gasteiger partial charge in [0.15, 0.2) is 5.78 Å². The molecule has 2 aromatic heterocycles. The van der Waals surface area contributed by atoms with Gasteiger partial charge in [0, 0.05) is 17.8 Å². The predicted molar refractivity (Wildman–Crippen MR) is 109 cm³/mol. The molecule has 1 N–H and O–H groups in total. The minimum atomic E-state index is -4.45. The predicted octanol–water partition coefficient (Wildman–Crippen LogP) is 4.49. The summed E-state index contributed by atoms with van der Waals surface area (Å²) in [5.41, 5.74) is 0.441. The number of halogens is 3. The van der Waals surface area contributed by atoms with Crippen LogP contribution in [-0.4, -0.2) is 33.6 Å². The normalized spacial score (nSPS) is 18.2. The molecule has 1 amide bonds. The Labute approximate surface area is 181 Å². The second-order valence-electron chi connectivity index (χ2n) is 7.51. The third-order valence-electron chi connectivity index (χ3n) is 5.43. The number of amides is 1. The van der Waals surface area contributed by atoms with Crippen LogP contribution in [0.1, 0.15) is 57.3 Å². The zero-order chi connectivity index (χ0) is 23.0. The third kappa shape index (κ3) is 3.95. The number of hydrogen-bond acceptors (Lipinski definition) is 5. The van der Waals surface area contributed by atoms with E-state index in [0.29, 0.717) is 12.0 Å². The lowest BCUT2D eigenvalue weighted by Crippen LogP contribution is -2.29. The number of Topliss-reactive ketones (excluding diaryl/α,β-unsaturated/α-hetero) is 1. The highest BCUT2D eigenvalue weighted by atomic mass is 19.4. The number of carbonyl (C=O) groups is 2. The van der Waals surface area contributed by atoms with Gasteiger partial charge in [0.1, 0.15) is 5.69 Å². The van der Waals surface area contributed by atoms with Crippen LogP contribution in [0, 0.1) is 0 Å². The van der Waals surface area contributed by atoms with Gasteiger partial charge in [-0.25, -0.2) is 4.98 Å². The molecule has 1 aromatic carbocycles. The van der Waals surface area contributed by atoms with Gasteiger partial charge in [-0.3, -0.25) is 14.3 Å². The third-order valence-corrected chi connectivity index (χ3v) is 5.43. The van der Waals surface area contributed by atoms with Crippen LogP contribution in [0.2, 0.25) is 0 Å². The molecule has 3 aromatic rings. The number of pyridine rings is 1. The second kappa shape index (κ2) is 8.10. The summed E-state index contributed by atoms with van der Waals surface area (Å²) in [7, 11) is 1.43. The molecule has 0 radical (unpaired) electrons. The first-order valence-corrected chi connectivity index (χ1v) is 9.79. The van der Waals surface area contributed by atoms with Crippen molar-refractivity contribution < 1.29 is 27.5 Å². The molecule has 0 saturated carbocycles. The van der Waals surface area contributed by atoms with Crippen LogP contribution >= 0.6 is 0 Å². The number of rotatable bonds is 4. The number of nitrogens with zero attached hydrogens (tertiary/aromatic N) is 3. The van der Waals surface area contributed by atoms with Crippen molar-refractivity contribution in [3.05, 3.63) is 71.2 Å². The van der Waals surface area contributed by atoms with E-state index < -0.39 is 23.6 Å². The summed E-state index contributed by atoms with van der Waals surface area (Å²) < 4.78 is 45.2. The van der Waals surface area contributed by atoms with Gasteiger partial charge in [-0.15, -0.1) is 0 Å². The number of carbonyl (C=O) groups excluding carboxylic acids is 2. The van der Waals surface area contributed by atoms with E-state index >= 15 is 0 Å². The largest absolute Gasteiger partial charge is 0.481 e. The summed E-state index contributed by atoms with van der Waals surface area (Å²) >= 11 is 0. The molecule has 4 rings (SSSR count). The number of aromatic nitrogens is 3. The van der Waals surface area contributed by atoms with Crippen LogP contribution in [-0.2, 0) is 6.18 Å². The lowest BCUT2D eigenvalue weighted by atomic mass is 9.84. The van der Waals surface area contributed by atoms with Gasteiger partial charge >= 0.3 is 6.18 Å². The molecule has 1 aliphatic heterocycles. The van der Waals surface area contributed by atoms with E-state index in [-0.39, 0.29) is 34.6 Å². The van der Waals surface area contributed by atoms with Crippen molar-refractivity contribution in [2.24, 2.45) is 0 Å². The van der Waals surface area contributed by atoms with E-state index in [1.165, 1.54) is 48.5 Å². The molecule has 0 fully saturated rings. The van der Waals surface area contributed by atoms with Gasteiger partial charge in [-0.05, 0) is 37.1 Å². The molecule has 1 unspecified atom stereocenters. The Balaban J connectivity index is 1.62. The molecule has 1 aliphatic rings. The van der Waals surface area contributed by atoms with Gasteiger partial charge in [-0.2, -0.15) is 18.3 Å². The molecule has 3 heterocycles. The van der Waals surface area contributed by atoms with Crippen molar-refractivity contribution in [1.82, 2.24) is 14.8 Å². The molecule has 2 atom stereocenters. The highest BCUT2D eigenvalue weighted by molar-refractivity contribution is 6.10. The van der Waals surface area contributed by atoms with Gasteiger partial charge in [0.05, 0.1) is 36.5 Å². The van der Waals surface area contributed by atoms with Crippen molar-refractivity contribution in [2.45, 2.75) is 31.5 Å². The summed E-state index contributed by atoms with van der Waals surface area (Å²) in [6.45, 7) is 1.86. The Kier molecular flexibility index (Phi) is 5.45. The number of methoxy groups -OCH3 is 1. The van der Waals surface area contributed by atoms with E-state index in [2.05, 4.69) is 15.4 Å². The average molecular weight is 444 g/mol. The number of nitrogens with one attached hydrogen (secondary N) is 1. The molecule has 0 saturated heterocycles. The molecule has 32 heavy (non-hydrogen) atoms. The second-order valence-corrected chi connectivity index (χ2v) is 7.51. The number of anilines is 1. The monoisotopic (exact) mass is 444 g/mol. The Bertz CT molecular complexity index is 1170. The number of fused-ring (bicyclic) bond motifs is 1. The Morgan fingerprint density at radius 1 is 1.22 bits per heavy atom. The quantitative estimate of drug-likeness (QED) is 0.641. The first-order valence-electron chi connectivity index (χ1n) is 9.79. The fourth-order valence-corrected chi connectivity index (χ4v) is 3.80. The Hall–Kier alpha value is -3.69. The number of alkyl halides is 3. The number of hydrogen-bond donors (Lipinski definition) is 1. The van der Waals surface area contributed by atoms with Crippen LogP contribution in [0.3, 0.4) is 0 Å². The number of ether oxygens (including phenoxy) is 1. The van der Waals surface area contributed by atoms with Crippen molar-refractivity contribution in [1.29, 1.82) is 0 Å². The maximum Gasteiger partial charge on any atom is 0.416 e. The maximum absolute atomic E-state index is 13.3. The summed E-state index contributed by atoms with van der Waals surface area (Å²) in [4.78, 5) is 29.9.